The number of ether oxygens (including phenoxy) is 1. The minimum absolute atomic E-state index is 0.0325. The Bertz CT molecular complexity index is 439. The Morgan fingerprint density at radius 2 is 1.89 bits per heavy atom. The summed E-state index contributed by atoms with van der Waals surface area (Å²) >= 11 is 0. The lowest BCUT2D eigenvalue weighted by atomic mass is 9.95. The summed E-state index contributed by atoms with van der Waals surface area (Å²) in [4.78, 5) is 13.7. The predicted molar refractivity (Wildman–Crippen MR) is 75.0 cm³/mol. The fourth-order valence-corrected chi connectivity index (χ4v) is 2.36. The van der Waals surface area contributed by atoms with Crippen LogP contribution in [-0.2, 0) is 4.74 Å². The van der Waals surface area contributed by atoms with Crippen molar-refractivity contribution in [2.24, 2.45) is 5.73 Å². The normalized spacial score (nSPS) is 23.5. The molecule has 0 saturated carbocycles. The molecule has 4 nitrogen and oxygen atoms in total. The summed E-state index contributed by atoms with van der Waals surface area (Å²) in [7, 11) is 0. The molecule has 1 unspecified atom stereocenters. The first kappa shape index (κ1) is 13.9. The van der Waals surface area contributed by atoms with Gasteiger partial charge in [-0.2, -0.15) is 0 Å². The molecule has 0 aliphatic carbocycles. The Labute approximate surface area is 114 Å². The van der Waals surface area contributed by atoms with Gasteiger partial charge in [-0.3, -0.25) is 0 Å². The van der Waals surface area contributed by atoms with E-state index >= 15 is 0 Å². The van der Waals surface area contributed by atoms with E-state index in [1.165, 1.54) is 5.56 Å². The van der Waals surface area contributed by atoms with Gasteiger partial charge in [-0.25, -0.2) is 4.79 Å². The van der Waals surface area contributed by atoms with Crippen LogP contribution in [0.2, 0.25) is 0 Å². The molecule has 2 atom stereocenters. The highest BCUT2D eigenvalue weighted by Gasteiger charge is 2.35. The number of carbonyl (C=O) groups excluding carboxylic acids is 1. The number of rotatable bonds is 1. The minimum atomic E-state index is -0.466. The summed E-state index contributed by atoms with van der Waals surface area (Å²) in [6, 6.07) is 10.1. The van der Waals surface area contributed by atoms with Crippen molar-refractivity contribution in [3.05, 3.63) is 35.9 Å². The molecule has 0 radical (unpaired) electrons. The minimum Gasteiger partial charge on any atom is -0.444 e. The molecule has 1 aliphatic heterocycles. The number of hydrogen-bond donors (Lipinski definition) is 1. The van der Waals surface area contributed by atoms with E-state index in [1.807, 2.05) is 39.0 Å². The third-order valence-corrected chi connectivity index (χ3v) is 3.24. The van der Waals surface area contributed by atoms with Crippen LogP contribution in [0.4, 0.5) is 4.79 Å². The van der Waals surface area contributed by atoms with Gasteiger partial charge in [0.25, 0.3) is 0 Å². The molecule has 1 fully saturated rings. The lowest BCUT2D eigenvalue weighted by molar-refractivity contribution is 0.0290. The smallest absolute Gasteiger partial charge is 0.410 e. The van der Waals surface area contributed by atoms with E-state index in [-0.39, 0.29) is 18.1 Å². The molecule has 1 saturated heterocycles. The summed E-state index contributed by atoms with van der Waals surface area (Å²) in [5, 5.41) is 0. The third-order valence-electron chi connectivity index (χ3n) is 3.24. The van der Waals surface area contributed by atoms with E-state index in [0.29, 0.717) is 13.1 Å². The van der Waals surface area contributed by atoms with Gasteiger partial charge in [-0.1, -0.05) is 30.3 Å². The SMILES string of the molecule is CC(C)(C)OC(=O)N1CC(c2ccccc2)[C@H](N)C1. The fourth-order valence-electron chi connectivity index (χ4n) is 2.36. The van der Waals surface area contributed by atoms with Crippen LogP contribution in [0, 0.1) is 0 Å². The Balaban J connectivity index is 2.04. The number of nitrogens with zero attached hydrogens (tertiary/aromatic N) is 1. The molecule has 2 rings (SSSR count). The Kier molecular flexibility index (Phi) is 3.80. The zero-order chi connectivity index (χ0) is 14.0. The monoisotopic (exact) mass is 262 g/mol. The number of nitrogens with two attached hydrogens (primary N) is 1. The van der Waals surface area contributed by atoms with Gasteiger partial charge in [0.2, 0.25) is 0 Å². The van der Waals surface area contributed by atoms with Gasteiger partial charge in [-0.15, -0.1) is 0 Å². The average molecular weight is 262 g/mol. The highest BCUT2D eigenvalue weighted by molar-refractivity contribution is 5.69. The van der Waals surface area contributed by atoms with E-state index < -0.39 is 5.60 Å². The van der Waals surface area contributed by atoms with Crippen molar-refractivity contribution in [3.63, 3.8) is 0 Å². The predicted octanol–water partition coefficient (Wildman–Crippen LogP) is 2.35. The summed E-state index contributed by atoms with van der Waals surface area (Å²) in [6.07, 6.45) is -0.276. The second kappa shape index (κ2) is 5.21. The van der Waals surface area contributed by atoms with E-state index in [4.69, 9.17) is 10.5 Å². The van der Waals surface area contributed by atoms with Gasteiger partial charge in [0, 0.05) is 25.0 Å². The first-order chi connectivity index (χ1) is 8.87. The second-order valence-corrected chi connectivity index (χ2v) is 6.07. The van der Waals surface area contributed by atoms with Gasteiger partial charge >= 0.3 is 6.09 Å². The zero-order valence-corrected chi connectivity index (χ0v) is 11.8. The van der Waals surface area contributed by atoms with Crippen molar-refractivity contribution in [3.8, 4) is 0 Å². The van der Waals surface area contributed by atoms with Crippen molar-refractivity contribution >= 4 is 6.09 Å². The van der Waals surface area contributed by atoms with Crippen LogP contribution in [-0.4, -0.2) is 35.7 Å². The lowest BCUT2D eigenvalue weighted by Crippen LogP contribution is -2.36. The largest absolute Gasteiger partial charge is 0.444 e. The van der Waals surface area contributed by atoms with E-state index in [9.17, 15) is 4.79 Å². The molecule has 4 heteroatoms. The molecular formula is C15H22N2O2. The van der Waals surface area contributed by atoms with Gasteiger partial charge in [0.05, 0.1) is 0 Å². The Morgan fingerprint density at radius 1 is 1.26 bits per heavy atom. The molecule has 0 aromatic heterocycles. The van der Waals surface area contributed by atoms with Crippen LogP contribution in [0.3, 0.4) is 0 Å². The van der Waals surface area contributed by atoms with Gasteiger partial charge in [0.15, 0.2) is 0 Å². The maximum absolute atomic E-state index is 12.0. The molecule has 1 aliphatic rings. The number of likely N-dealkylation sites (tertiary alicyclic amines) is 1. The van der Waals surface area contributed by atoms with Crippen LogP contribution >= 0.6 is 0 Å². The van der Waals surface area contributed by atoms with E-state index in [2.05, 4.69) is 12.1 Å². The molecule has 1 heterocycles. The van der Waals surface area contributed by atoms with Crippen molar-refractivity contribution in [1.82, 2.24) is 4.90 Å². The highest BCUT2D eigenvalue weighted by Crippen LogP contribution is 2.27. The molecule has 0 bridgehead atoms. The van der Waals surface area contributed by atoms with Crippen LogP contribution < -0.4 is 5.73 Å². The second-order valence-electron chi connectivity index (χ2n) is 6.07. The number of benzene rings is 1. The highest BCUT2D eigenvalue weighted by atomic mass is 16.6. The Hall–Kier alpha value is -1.55. The molecule has 1 aromatic carbocycles. The van der Waals surface area contributed by atoms with Crippen LogP contribution in [0.1, 0.15) is 32.3 Å². The summed E-state index contributed by atoms with van der Waals surface area (Å²) in [5.74, 6) is 0.189. The molecule has 1 aromatic rings. The molecule has 104 valence electrons. The third kappa shape index (κ3) is 3.47. The van der Waals surface area contributed by atoms with Crippen molar-refractivity contribution < 1.29 is 9.53 Å². The van der Waals surface area contributed by atoms with Crippen molar-refractivity contribution in [1.29, 1.82) is 0 Å². The van der Waals surface area contributed by atoms with Crippen molar-refractivity contribution in [2.45, 2.75) is 38.3 Å². The average Bonchev–Trinajstić information content (AvgIpc) is 2.70. The number of amides is 1. The summed E-state index contributed by atoms with van der Waals surface area (Å²) in [6.45, 7) is 6.79. The Morgan fingerprint density at radius 3 is 2.47 bits per heavy atom. The number of hydrogen-bond acceptors (Lipinski definition) is 3. The summed E-state index contributed by atoms with van der Waals surface area (Å²) < 4.78 is 5.39. The standard InChI is InChI=1S/C15H22N2O2/c1-15(2,3)19-14(18)17-9-12(13(16)10-17)11-7-5-4-6-8-11/h4-8,12-13H,9-10,16H2,1-3H3/t12?,13-/m1/s1. The van der Waals surface area contributed by atoms with Crippen LogP contribution in [0.25, 0.3) is 0 Å². The molecule has 1 amide bonds. The van der Waals surface area contributed by atoms with Gasteiger partial charge < -0.3 is 15.4 Å². The molecule has 19 heavy (non-hydrogen) atoms. The van der Waals surface area contributed by atoms with Gasteiger partial charge in [0.1, 0.15) is 5.60 Å². The maximum atomic E-state index is 12.0. The van der Waals surface area contributed by atoms with Crippen molar-refractivity contribution in [2.75, 3.05) is 13.1 Å². The number of carbonyl (C=O) groups is 1. The molecular weight excluding hydrogens is 240 g/mol. The molecule has 0 spiro atoms. The maximum Gasteiger partial charge on any atom is 0.410 e. The zero-order valence-electron chi connectivity index (χ0n) is 11.8. The van der Waals surface area contributed by atoms with Crippen LogP contribution in [0.15, 0.2) is 30.3 Å². The lowest BCUT2D eigenvalue weighted by Gasteiger charge is -2.24. The topological polar surface area (TPSA) is 55.6 Å². The summed E-state index contributed by atoms with van der Waals surface area (Å²) in [5.41, 5.74) is 6.87. The first-order valence-electron chi connectivity index (χ1n) is 6.65. The van der Waals surface area contributed by atoms with E-state index in [0.717, 1.165) is 0 Å². The molecule has 2 N–H and O–H groups in total. The van der Waals surface area contributed by atoms with Crippen LogP contribution in [0.5, 0.6) is 0 Å². The first-order valence-corrected chi connectivity index (χ1v) is 6.65. The van der Waals surface area contributed by atoms with Gasteiger partial charge in [-0.05, 0) is 26.3 Å². The quantitative estimate of drug-likeness (QED) is 0.845. The van der Waals surface area contributed by atoms with E-state index in [1.54, 1.807) is 4.90 Å². The fraction of sp³-hybridized carbons (Fsp3) is 0.533.